The minimum Gasteiger partial charge on any atom is -0.377 e. The quantitative estimate of drug-likeness (QED) is 0.652. The topological polar surface area (TPSA) is 59.6 Å². The monoisotopic (exact) mass is 200 g/mol. The zero-order valence-corrected chi connectivity index (χ0v) is 8.12. The largest absolute Gasteiger partial charge is 0.377 e. The molecule has 0 unspecified atom stereocenters. The van der Waals surface area contributed by atoms with Crippen molar-refractivity contribution in [3.05, 3.63) is 0 Å². The fraction of sp³-hybridized carbons (Fsp3) is 0.889. The number of nitrogens with one attached hydrogen (secondary N) is 2. The average molecular weight is 200 g/mol. The van der Waals surface area contributed by atoms with Gasteiger partial charge in [-0.1, -0.05) is 0 Å². The minimum atomic E-state index is -0.105. The maximum absolute atomic E-state index is 11.3. The van der Waals surface area contributed by atoms with Gasteiger partial charge in [-0.3, -0.25) is 0 Å². The molecule has 0 atom stereocenters. The smallest absolute Gasteiger partial charge is 0.315 e. The summed E-state index contributed by atoms with van der Waals surface area (Å²) >= 11 is 0. The zero-order valence-electron chi connectivity index (χ0n) is 8.12. The summed E-state index contributed by atoms with van der Waals surface area (Å²) in [6.07, 6.45) is 2.20. The lowest BCUT2D eigenvalue weighted by molar-refractivity contribution is 0.103. The Hall–Kier alpha value is -0.810. The summed E-state index contributed by atoms with van der Waals surface area (Å²) in [6, 6.07) is 0.269. The van der Waals surface area contributed by atoms with E-state index < -0.39 is 0 Å². The first-order valence-electron chi connectivity index (χ1n) is 5.07. The van der Waals surface area contributed by atoms with Crippen LogP contribution in [0.25, 0.3) is 0 Å². The molecule has 0 spiro atoms. The Morgan fingerprint density at radius 2 is 1.57 bits per heavy atom. The molecule has 2 rings (SSSR count). The molecular formula is C9H16N2O3. The second-order valence-electron chi connectivity index (χ2n) is 3.74. The summed E-state index contributed by atoms with van der Waals surface area (Å²) in [5, 5.41) is 5.69. The van der Waals surface area contributed by atoms with Gasteiger partial charge in [0.25, 0.3) is 0 Å². The maximum atomic E-state index is 11.3. The van der Waals surface area contributed by atoms with Crippen molar-refractivity contribution in [1.29, 1.82) is 0 Å². The summed E-state index contributed by atoms with van der Waals surface area (Å²) in [6.45, 7) is 2.31. The van der Waals surface area contributed by atoms with Gasteiger partial charge in [-0.25, -0.2) is 4.79 Å². The van der Waals surface area contributed by atoms with E-state index in [0.717, 1.165) is 12.8 Å². The maximum Gasteiger partial charge on any atom is 0.315 e. The van der Waals surface area contributed by atoms with E-state index in [0.29, 0.717) is 32.5 Å². The Morgan fingerprint density at radius 1 is 1.00 bits per heavy atom. The van der Waals surface area contributed by atoms with Crippen LogP contribution in [0.1, 0.15) is 12.8 Å². The summed E-state index contributed by atoms with van der Waals surface area (Å²) < 4.78 is 10.5. The number of carbonyl (C=O) groups excluding carboxylic acids is 1. The molecule has 0 aromatic rings. The van der Waals surface area contributed by atoms with E-state index in [4.69, 9.17) is 9.47 Å². The van der Waals surface area contributed by atoms with Crippen LogP contribution in [0.2, 0.25) is 0 Å². The molecule has 14 heavy (non-hydrogen) atoms. The van der Waals surface area contributed by atoms with Crippen molar-refractivity contribution >= 4 is 6.03 Å². The van der Waals surface area contributed by atoms with E-state index >= 15 is 0 Å². The summed E-state index contributed by atoms with van der Waals surface area (Å²) in [4.78, 5) is 11.3. The number of hydrogen-bond donors (Lipinski definition) is 2. The van der Waals surface area contributed by atoms with Gasteiger partial charge in [-0.15, -0.1) is 0 Å². The third-order valence-electron chi connectivity index (χ3n) is 2.26. The van der Waals surface area contributed by atoms with Gasteiger partial charge in [0.1, 0.15) is 0 Å². The number of ether oxygens (including phenoxy) is 2. The standard InChI is InChI=1S/C9H16N2O3/c12-9(10-7-1-2-7)11-8-5-13-3-4-14-6-8/h7-8H,1-6H2,(H2,10,11,12). The van der Waals surface area contributed by atoms with Gasteiger partial charge >= 0.3 is 6.03 Å². The second kappa shape index (κ2) is 4.61. The highest BCUT2D eigenvalue weighted by Gasteiger charge is 2.24. The number of rotatable bonds is 2. The lowest BCUT2D eigenvalue weighted by Crippen LogP contribution is -2.46. The van der Waals surface area contributed by atoms with Gasteiger partial charge in [0.2, 0.25) is 0 Å². The molecule has 0 bridgehead atoms. The van der Waals surface area contributed by atoms with Crippen LogP contribution in [-0.4, -0.2) is 44.5 Å². The van der Waals surface area contributed by atoms with Crippen molar-refractivity contribution < 1.29 is 14.3 Å². The van der Waals surface area contributed by atoms with Crippen LogP contribution in [0.5, 0.6) is 0 Å². The number of urea groups is 1. The lowest BCUT2D eigenvalue weighted by atomic mass is 10.3. The van der Waals surface area contributed by atoms with Gasteiger partial charge in [0.05, 0.1) is 32.5 Å². The predicted molar refractivity (Wildman–Crippen MR) is 50.1 cm³/mol. The minimum absolute atomic E-state index is 0.0174. The van der Waals surface area contributed by atoms with Gasteiger partial charge in [0, 0.05) is 6.04 Å². The molecule has 5 nitrogen and oxygen atoms in total. The van der Waals surface area contributed by atoms with E-state index in [-0.39, 0.29) is 12.1 Å². The molecule has 2 amide bonds. The predicted octanol–water partition coefficient (Wildman–Crippen LogP) is -0.137. The second-order valence-corrected chi connectivity index (χ2v) is 3.74. The molecule has 1 saturated heterocycles. The normalized spacial score (nSPS) is 24.0. The molecule has 0 aromatic heterocycles. The molecular weight excluding hydrogens is 184 g/mol. The Bertz CT molecular complexity index is 198. The molecule has 1 heterocycles. The van der Waals surface area contributed by atoms with E-state index in [1.165, 1.54) is 0 Å². The Kier molecular flexibility index (Phi) is 3.21. The van der Waals surface area contributed by atoms with E-state index in [1.807, 2.05) is 0 Å². The zero-order chi connectivity index (χ0) is 9.80. The van der Waals surface area contributed by atoms with Crippen LogP contribution in [-0.2, 0) is 9.47 Å². The van der Waals surface area contributed by atoms with Crippen molar-refractivity contribution in [3.8, 4) is 0 Å². The van der Waals surface area contributed by atoms with Gasteiger partial charge in [-0.05, 0) is 12.8 Å². The van der Waals surface area contributed by atoms with Crippen LogP contribution in [0.4, 0.5) is 4.79 Å². The van der Waals surface area contributed by atoms with E-state index in [2.05, 4.69) is 10.6 Å². The number of carbonyl (C=O) groups is 1. The highest BCUT2D eigenvalue weighted by Crippen LogP contribution is 2.18. The average Bonchev–Trinajstić information content (AvgIpc) is 2.93. The van der Waals surface area contributed by atoms with E-state index in [9.17, 15) is 4.79 Å². The molecule has 1 aliphatic carbocycles. The molecule has 80 valence electrons. The molecule has 1 aliphatic heterocycles. The van der Waals surface area contributed by atoms with Crippen LogP contribution in [0, 0.1) is 0 Å². The first-order valence-corrected chi connectivity index (χ1v) is 5.07. The summed E-state index contributed by atoms with van der Waals surface area (Å²) in [5.74, 6) is 0. The van der Waals surface area contributed by atoms with Gasteiger partial charge in [0.15, 0.2) is 0 Å². The lowest BCUT2D eigenvalue weighted by Gasteiger charge is -2.15. The van der Waals surface area contributed by atoms with Crippen molar-refractivity contribution in [2.75, 3.05) is 26.4 Å². The first-order chi connectivity index (χ1) is 6.84. The fourth-order valence-corrected chi connectivity index (χ4v) is 1.34. The van der Waals surface area contributed by atoms with Crippen molar-refractivity contribution in [2.45, 2.75) is 24.9 Å². The molecule has 2 N–H and O–H groups in total. The van der Waals surface area contributed by atoms with Crippen LogP contribution in [0.3, 0.4) is 0 Å². The highest BCUT2D eigenvalue weighted by atomic mass is 16.5. The molecule has 2 aliphatic rings. The Labute approximate surface area is 83.1 Å². The van der Waals surface area contributed by atoms with Crippen LogP contribution < -0.4 is 10.6 Å². The number of amides is 2. The van der Waals surface area contributed by atoms with Crippen molar-refractivity contribution in [1.82, 2.24) is 10.6 Å². The number of hydrogen-bond acceptors (Lipinski definition) is 3. The molecule has 0 radical (unpaired) electrons. The SMILES string of the molecule is O=C(NC1CC1)NC1COCCOC1. The fourth-order valence-electron chi connectivity index (χ4n) is 1.34. The molecule has 5 heteroatoms. The third-order valence-corrected chi connectivity index (χ3v) is 2.26. The van der Waals surface area contributed by atoms with Crippen molar-refractivity contribution in [2.24, 2.45) is 0 Å². The molecule has 1 saturated carbocycles. The summed E-state index contributed by atoms with van der Waals surface area (Å²) in [7, 11) is 0. The first kappa shape index (κ1) is 9.73. The van der Waals surface area contributed by atoms with Gasteiger partial charge in [-0.2, -0.15) is 0 Å². The molecule has 0 aromatic carbocycles. The van der Waals surface area contributed by atoms with Crippen molar-refractivity contribution in [3.63, 3.8) is 0 Å². The molecule has 2 fully saturated rings. The summed E-state index contributed by atoms with van der Waals surface area (Å²) in [5.41, 5.74) is 0. The van der Waals surface area contributed by atoms with Gasteiger partial charge < -0.3 is 20.1 Å². The van der Waals surface area contributed by atoms with E-state index in [1.54, 1.807) is 0 Å². The third kappa shape index (κ3) is 3.16. The van der Waals surface area contributed by atoms with Crippen LogP contribution in [0.15, 0.2) is 0 Å². The Morgan fingerprint density at radius 3 is 2.14 bits per heavy atom. The van der Waals surface area contributed by atoms with Crippen LogP contribution >= 0.6 is 0 Å². The highest BCUT2D eigenvalue weighted by molar-refractivity contribution is 5.74. The Balaban J connectivity index is 1.68.